The van der Waals surface area contributed by atoms with Gasteiger partial charge < -0.3 is 10.3 Å². The van der Waals surface area contributed by atoms with Gasteiger partial charge in [-0.25, -0.2) is 17.9 Å². The Bertz CT molecular complexity index is 1150. The van der Waals surface area contributed by atoms with Crippen LogP contribution in [-0.4, -0.2) is 37.0 Å². The van der Waals surface area contributed by atoms with Crippen molar-refractivity contribution in [3.63, 3.8) is 0 Å². The predicted octanol–water partition coefficient (Wildman–Crippen LogP) is 1.51. The summed E-state index contributed by atoms with van der Waals surface area (Å²) >= 11 is 0. The quantitative estimate of drug-likeness (QED) is 0.459. The monoisotopic (exact) mass is 416 g/mol. The first-order chi connectivity index (χ1) is 13.9. The molecule has 0 atom stereocenters. The number of para-hydroxylation sites is 2. The molecule has 154 valence electrons. The van der Waals surface area contributed by atoms with Gasteiger partial charge in [0.1, 0.15) is 0 Å². The molecule has 0 spiro atoms. The number of nitrogens with zero attached hydrogens (tertiary/aromatic N) is 1. The van der Waals surface area contributed by atoms with Gasteiger partial charge in [-0.05, 0) is 37.6 Å². The molecule has 3 rings (SSSR count). The van der Waals surface area contributed by atoms with Gasteiger partial charge in [-0.1, -0.05) is 29.8 Å². The number of rotatable bonds is 9. The van der Waals surface area contributed by atoms with Crippen molar-refractivity contribution in [1.29, 1.82) is 0 Å². The number of imidazole rings is 1. The molecule has 0 radical (unpaired) electrons. The third-order valence-corrected chi connectivity index (χ3v) is 6.02. The average molecular weight is 417 g/mol. The van der Waals surface area contributed by atoms with Gasteiger partial charge in [-0.3, -0.25) is 9.36 Å². The lowest BCUT2D eigenvalue weighted by atomic mass is 10.2. The molecule has 29 heavy (non-hydrogen) atoms. The number of carbonyl (C=O) groups excluding carboxylic acids is 1. The zero-order valence-electron chi connectivity index (χ0n) is 16.1. The van der Waals surface area contributed by atoms with E-state index in [4.69, 9.17) is 0 Å². The van der Waals surface area contributed by atoms with Crippen molar-refractivity contribution >= 4 is 27.0 Å². The first-order valence-electron chi connectivity index (χ1n) is 9.37. The van der Waals surface area contributed by atoms with E-state index in [0.29, 0.717) is 13.0 Å². The molecule has 2 aromatic carbocycles. The molecule has 0 saturated carbocycles. The Kier molecular flexibility index (Phi) is 6.50. The zero-order valence-corrected chi connectivity index (χ0v) is 17.0. The minimum atomic E-state index is -3.55. The Morgan fingerprint density at radius 1 is 1.07 bits per heavy atom. The van der Waals surface area contributed by atoms with E-state index in [9.17, 15) is 18.0 Å². The van der Waals surface area contributed by atoms with E-state index in [0.717, 1.165) is 16.6 Å². The molecule has 0 aliphatic heterocycles. The summed E-state index contributed by atoms with van der Waals surface area (Å²) in [5.41, 5.74) is 2.24. The molecule has 0 unspecified atom stereocenters. The molecule has 1 aromatic heterocycles. The van der Waals surface area contributed by atoms with Gasteiger partial charge >= 0.3 is 5.69 Å². The highest BCUT2D eigenvalue weighted by Crippen LogP contribution is 2.10. The fourth-order valence-electron chi connectivity index (χ4n) is 2.95. The molecule has 0 bridgehead atoms. The lowest BCUT2D eigenvalue weighted by molar-refractivity contribution is -0.121. The highest BCUT2D eigenvalue weighted by atomic mass is 32.2. The van der Waals surface area contributed by atoms with Gasteiger partial charge in [0.05, 0.1) is 15.9 Å². The number of carbonyl (C=O) groups is 1. The van der Waals surface area contributed by atoms with Crippen molar-refractivity contribution in [2.24, 2.45) is 0 Å². The number of hydrogen-bond acceptors (Lipinski definition) is 4. The second kappa shape index (κ2) is 9.06. The Morgan fingerprint density at radius 3 is 2.55 bits per heavy atom. The number of aromatic nitrogens is 2. The third-order valence-electron chi connectivity index (χ3n) is 4.54. The molecule has 0 aliphatic rings. The SMILES string of the molecule is Cc1ccc(S(=O)(=O)NCCCNC(=O)CCn2c(=O)[nH]c3ccccc32)cc1. The fraction of sp³-hybridized carbons (Fsp3) is 0.300. The summed E-state index contributed by atoms with van der Waals surface area (Å²) in [5, 5.41) is 2.75. The van der Waals surface area contributed by atoms with Gasteiger partial charge in [0.2, 0.25) is 15.9 Å². The number of hydrogen-bond donors (Lipinski definition) is 3. The summed E-state index contributed by atoms with van der Waals surface area (Å²) in [5.74, 6) is -0.191. The van der Waals surface area contributed by atoms with E-state index in [2.05, 4.69) is 15.0 Å². The second-order valence-corrected chi connectivity index (χ2v) is 8.53. The van der Waals surface area contributed by atoms with Gasteiger partial charge in [-0.2, -0.15) is 0 Å². The smallest absolute Gasteiger partial charge is 0.326 e. The summed E-state index contributed by atoms with van der Waals surface area (Å²) in [4.78, 5) is 27.0. The first kappa shape index (κ1) is 20.8. The third kappa shape index (κ3) is 5.33. The van der Waals surface area contributed by atoms with Crippen LogP contribution in [0.5, 0.6) is 0 Å². The Morgan fingerprint density at radius 2 is 1.79 bits per heavy atom. The first-order valence-corrected chi connectivity index (χ1v) is 10.9. The van der Waals surface area contributed by atoms with Gasteiger partial charge in [0.15, 0.2) is 0 Å². The minimum Gasteiger partial charge on any atom is -0.356 e. The van der Waals surface area contributed by atoms with Gasteiger partial charge in [0.25, 0.3) is 0 Å². The minimum absolute atomic E-state index is 0.164. The van der Waals surface area contributed by atoms with Crippen molar-refractivity contribution < 1.29 is 13.2 Å². The highest BCUT2D eigenvalue weighted by Gasteiger charge is 2.13. The molecule has 0 saturated heterocycles. The van der Waals surface area contributed by atoms with Crippen molar-refractivity contribution in [2.75, 3.05) is 13.1 Å². The van der Waals surface area contributed by atoms with Crippen LogP contribution in [0, 0.1) is 6.92 Å². The number of H-pyrrole nitrogens is 1. The van der Waals surface area contributed by atoms with Crippen LogP contribution >= 0.6 is 0 Å². The van der Waals surface area contributed by atoms with Crippen molar-refractivity contribution in [3.05, 3.63) is 64.6 Å². The highest BCUT2D eigenvalue weighted by molar-refractivity contribution is 7.89. The lowest BCUT2D eigenvalue weighted by Crippen LogP contribution is -2.31. The van der Waals surface area contributed by atoms with Crippen LogP contribution in [0.4, 0.5) is 0 Å². The number of amides is 1. The maximum atomic E-state index is 12.2. The molecular weight excluding hydrogens is 392 g/mol. The normalized spacial score (nSPS) is 11.6. The Balaban J connectivity index is 1.40. The largest absolute Gasteiger partial charge is 0.356 e. The Hall–Kier alpha value is -2.91. The van der Waals surface area contributed by atoms with E-state index in [1.54, 1.807) is 24.3 Å². The second-order valence-electron chi connectivity index (χ2n) is 6.76. The molecular formula is C20H24N4O4S. The number of sulfonamides is 1. The summed E-state index contributed by atoms with van der Waals surface area (Å²) in [6, 6.07) is 13.9. The summed E-state index contributed by atoms with van der Waals surface area (Å²) in [6.07, 6.45) is 0.626. The number of fused-ring (bicyclic) bond motifs is 1. The summed E-state index contributed by atoms with van der Waals surface area (Å²) in [6.45, 7) is 2.73. The van der Waals surface area contributed by atoms with E-state index in [1.807, 2.05) is 31.2 Å². The molecule has 1 heterocycles. The molecule has 0 aliphatic carbocycles. The number of benzene rings is 2. The van der Waals surface area contributed by atoms with E-state index < -0.39 is 10.0 Å². The molecule has 8 nitrogen and oxygen atoms in total. The van der Waals surface area contributed by atoms with Crippen molar-refractivity contribution in [1.82, 2.24) is 19.6 Å². The number of nitrogens with one attached hydrogen (secondary N) is 3. The van der Waals surface area contributed by atoms with Gasteiger partial charge in [0, 0.05) is 26.1 Å². The molecule has 3 N–H and O–H groups in total. The zero-order chi connectivity index (χ0) is 20.9. The van der Waals surface area contributed by atoms with E-state index >= 15 is 0 Å². The van der Waals surface area contributed by atoms with Crippen LogP contribution < -0.4 is 15.7 Å². The number of aryl methyl sites for hydroxylation is 2. The summed E-state index contributed by atoms with van der Waals surface area (Å²) < 4.78 is 28.4. The van der Waals surface area contributed by atoms with E-state index in [1.165, 1.54) is 4.57 Å². The topological polar surface area (TPSA) is 113 Å². The lowest BCUT2D eigenvalue weighted by Gasteiger charge is -2.08. The van der Waals surface area contributed by atoms with Gasteiger partial charge in [-0.15, -0.1) is 0 Å². The van der Waals surface area contributed by atoms with Crippen LogP contribution in [0.15, 0.2) is 58.2 Å². The molecule has 1 amide bonds. The average Bonchev–Trinajstić information content (AvgIpc) is 3.01. The maximum Gasteiger partial charge on any atom is 0.326 e. The van der Waals surface area contributed by atoms with Crippen LogP contribution in [0.3, 0.4) is 0 Å². The van der Waals surface area contributed by atoms with Crippen LogP contribution in [0.1, 0.15) is 18.4 Å². The van der Waals surface area contributed by atoms with Crippen LogP contribution in [0.25, 0.3) is 11.0 Å². The maximum absolute atomic E-state index is 12.2. The summed E-state index contributed by atoms with van der Waals surface area (Å²) in [7, 11) is -3.55. The fourth-order valence-corrected chi connectivity index (χ4v) is 4.03. The molecule has 9 heteroatoms. The molecule has 0 fully saturated rings. The number of aromatic amines is 1. The Labute approximate surface area is 169 Å². The van der Waals surface area contributed by atoms with Crippen molar-refractivity contribution in [2.45, 2.75) is 31.2 Å². The van der Waals surface area contributed by atoms with Crippen molar-refractivity contribution in [3.8, 4) is 0 Å². The predicted molar refractivity (Wildman–Crippen MR) is 111 cm³/mol. The van der Waals surface area contributed by atoms with Crippen LogP contribution in [0.2, 0.25) is 0 Å². The van der Waals surface area contributed by atoms with E-state index in [-0.39, 0.29) is 36.0 Å². The van der Waals surface area contributed by atoms with Crippen LogP contribution in [-0.2, 0) is 21.4 Å². The standard InChI is InChI=1S/C20H24N4O4S/c1-15-7-9-16(10-8-15)29(27,28)22-13-4-12-21-19(25)11-14-24-18-6-3-2-5-17(18)23-20(24)26/h2-3,5-10,22H,4,11-14H2,1H3,(H,21,25)(H,23,26). The molecule has 3 aromatic rings.